The molecule has 108 valence electrons. The first-order valence-electron chi connectivity index (χ1n) is 6.58. The predicted octanol–water partition coefficient (Wildman–Crippen LogP) is 0.180. The summed E-state index contributed by atoms with van der Waals surface area (Å²) in [6.07, 6.45) is 1.42. The molecular weight excluding hydrogens is 230 g/mol. The third-order valence-electron chi connectivity index (χ3n) is 3.51. The van der Waals surface area contributed by atoms with Gasteiger partial charge >= 0.3 is 0 Å². The molecule has 5 heteroatoms. The van der Waals surface area contributed by atoms with E-state index in [-0.39, 0.29) is 12.5 Å². The van der Waals surface area contributed by atoms with Gasteiger partial charge in [0.25, 0.3) is 0 Å². The molecule has 0 aromatic carbocycles. The second-order valence-corrected chi connectivity index (χ2v) is 5.61. The number of carbonyl (C=O) groups is 1. The predicted molar refractivity (Wildman–Crippen MR) is 74.3 cm³/mol. The van der Waals surface area contributed by atoms with E-state index >= 15 is 0 Å². The molecule has 1 unspecified atom stereocenters. The van der Waals surface area contributed by atoms with Crippen molar-refractivity contribution in [2.45, 2.75) is 39.2 Å². The quantitative estimate of drug-likeness (QED) is 0.581. The van der Waals surface area contributed by atoms with Crippen LogP contribution in [0.1, 0.15) is 33.6 Å². The maximum absolute atomic E-state index is 12.2. The fraction of sp³-hybridized carbons (Fsp3) is 0.923. The molecule has 1 amide bonds. The van der Waals surface area contributed by atoms with Crippen molar-refractivity contribution in [3.05, 3.63) is 0 Å². The highest BCUT2D eigenvalue weighted by Gasteiger charge is 2.34. The third kappa shape index (κ3) is 4.92. The second kappa shape index (κ2) is 7.07. The molecule has 0 heterocycles. The van der Waals surface area contributed by atoms with Gasteiger partial charge in [-0.05, 0) is 33.9 Å². The molecule has 0 saturated carbocycles. The van der Waals surface area contributed by atoms with Crippen LogP contribution in [0.5, 0.6) is 0 Å². The highest BCUT2D eigenvalue weighted by atomic mass is 16.3. The Bertz CT molecular complexity index is 253. The van der Waals surface area contributed by atoms with Crippen LogP contribution >= 0.6 is 0 Å². The first kappa shape index (κ1) is 17.4. The van der Waals surface area contributed by atoms with Crippen molar-refractivity contribution in [2.24, 2.45) is 11.1 Å². The Morgan fingerprint density at radius 2 is 1.83 bits per heavy atom. The highest BCUT2D eigenvalue weighted by Crippen LogP contribution is 2.25. The van der Waals surface area contributed by atoms with Crippen LogP contribution in [0.4, 0.5) is 0 Å². The number of likely N-dealkylation sites (N-methyl/N-ethyl adjacent to an activating group) is 1. The molecule has 0 fully saturated rings. The number of aliphatic hydroxyl groups is 1. The Hall–Kier alpha value is -0.650. The van der Waals surface area contributed by atoms with E-state index in [1.807, 2.05) is 32.8 Å². The molecule has 4 N–H and O–H groups in total. The minimum absolute atomic E-state index is 0.0611. The lowest BCUT2D eigenvalue weighted by Gasteiger charge is -2.32. The Balaban J connectivity index is 4.49. The number of nitrogens with zero attached hydrogens (tertiary/aromatic N) is 1. The van der Waals surface area contributed by atoms with E-state index < -0.39 is 11.0 Å². The molecule has 5 nitrogen and oxygen atoms in total. The van der Waals surface area contributed by atoms with E-state index in [0.29, 0.717) is 25.9 Å². The zero-order chi connectivity index (χ0) is 14.4. The van der Waals surface area contributed by atoms with Crippen LogP contribution in [0.3, 0.4) is 0 Å². The molecule has 0 saturated heterocycles. The van der Waals surface area contributed by atoms with Gasteiger partial charge in [0.05, 0.1) is 11.0 Å². The average molecular weight is 259 g/mol. The van der Waals surface area contributed by atoms with Gasteiger partial charge in [0.15, 0.2) is 0 Å². The Morgan fingerprint density at radius 3 is 2.17 bits per heavy atom. The molecule has 0 radical (unpaired) electrons. The molecule has 0 bridgehead atoms. The Labute approximate surface area is 111 Å². The highest BCUT2D eigenvalue weighted by molar-refractivity contribution is 5.82. The summed E-state index contributed by atoms with van der Waals surface area (Å²) in [5.74, 6) is -0.0611. The van der Waals surface area contributed by atoms with E-state index in [2.05, 4.69) is 5.32 Å². The summed E-state index contributed by atoms with van der Waals surface area (Å²) < 4.78 is 0. The van der Waals surface area contributed by atoms with Crippen molar-refractivity contribution in [2.75, 3.05) is 33.7 Å². The largest absolute Gasteiger partial charge is 0.387 e. The molecule has 0 aromatic rings. The van der Waals surface area contributed by atoms with Gasteiger partial charge in [-0.15, -0.1) is 0 Å². The number of nitrogens with one attached hydrogen (secondary N) is 1. The van der Waals surface area contributed by atoms with Crippen molar-refractivity contribution in [1.29, 1.82) is 0 Å². The lowest BCUT2D eigenvalue weighted by Crippen LogP contribution is -2.52. The summed E-state index contributed by atoms with van der Waals surface area (Å²) in [6, 6.07) is 0. The first-order valence-corrected chi connectivity index (χ1v) is 6.58. The summed E-state index contributed by atoms with van der Waals surface area (Å²) in [5, 5.41) is 13.0. The van der Waals surface area contributed by atoms with Crippen LogP contribution in [0.25, 0.3) is 0 Å². The number of hydrogen-bond donors (Lipinski definition) is 3. The van der Waals surface area contributed by atoms with E-state index in [1.165, 1.54) is 0 Å². The van der Waals surface area contributed by atoms with Crippen LogP contribution in [-0.2, 0) is 4.79 Å². The molecule has 1 atom stereocenters. The molecule has 0 aliphatic carbocycles. The summed E-state index contributed by atoms with van der Waals surface area (Å²) >= 11 is 0. The second-order valence-electron chi connectivity index (χ2n) is 5.61. The number of hydrogen-bond acceptors (Lipinski definition) is 4. The van der Waals surface area contributed by atoms with Crippen molar-refractivity contribution in [3.63, 3.8) is 0 Å². The van der Waals surface area contributed by atoms with Crippen LogP contribution in [0.2, 0.25) is 0 Å². The van der Waals surface area contributed by atoms with Gasteiger partial charge in [-0.2, -0.15) is 0 Å². The zero-order valence-electron chi connectivity index (χ0n) is 12.4. The van der Waals surface area contributed by atoms with Crippen molar-refractivity contribution in [3.8, 4) is 0 Å². The SMILES string of the molecule is CCC(CC)(CN)C(=O)NCC(C)(O)CN(C)C. The van der Waals surface area contributed by atoms with Crippen molar-refractivity contribution < 1.29 is 9.90 Å². The van der Waals surface area contributed by atoms with E-state index in [9.17, 15) is 9.90 Å². The van der Waals surface area contributed by atoms with Crippen LogP contribution < -0.4 is 11.1 Å². The summed E-state index contributed by atoms with van der Waals surface area (Å²) in [5.41, 5.74) is 4.28. The summed E-state index contributed by atoms with van der Waals surface area (Å²) in [7, 11) is 3.77. The van der Waals surface area contributed by atoms with Gasteiger partial charge < -0.3 is 21.1 Å². The number of nitrogens with two attached hydrogens (primary N) is 1. The van der Waals surface area contributed by atoms with Gasteiger partial charge in [-0.1, -0.05) is 13.8 Å². The minimum atomic E-state index is -0.930. The summed E-state index contributed by atoms with van der Waals surface area (Å²) in [4.78, 5) is 14.1. The maximum atomic E-state index is 12.2. The lowest BCUT2D eigenvalue weighted by molar-refractivity contribution is -0.132. The molecule has 0 rings (SSSR count). The van der Waals surface area contributed by atoms with Gasteiger partial charge in [-0.3, -0.25) is 4.79 Å². The van der Waals surface area contributed by atoms with Crippen LogP contribution in [0.15, 0.2) is 0 Å². The van der Waals surface area contributed by atoms with Crippen molar-refractivity contribution >= 4 is 5.91 Å². The summed E-state index contributed by atoms with van der Waals surface area (Å²) in [6.45, 7) is 6.73. The third-order valence-corrected chi connectivity index (χ3v) is 3.51. The maximum Gasteiger partial charge on any atom is 0.227 e. The fourth-order valence-electron chi connectivity index (χ4n) is 2.15. The lowest BCUT2D eigenvalue weighted by atomic mass is 9.81. The fourth-order valence-corrected chi connectivity index (χ4v) is 2.15. The monoisotopic (exact) mass is 259 g/mol. The number of carbonyl (C=O) groups excluding carboxylic acids is 1. The molecule has 0 aromatic heterocycles. The van der Waals surface area contributed by atoms with Gasteiger partial charge in [-0.25, -0.2) is 0 Å². The molecule has 0 spiro atoms. The first-order chi connectivity index (χ1) is 8.23. The molecular formula is C13H29N3O2. The van der Waals surface area contributed by atoms with Crippen LogP contribution in [-0.4, -0.2) is 55.2 Å². The number of rotatable bonds is 8. The van der Waals surface area contributed by atoms with Crippen molar-refractivity contribution in [1.82, 2.24) is 10.2 Å². The topological polar surface area (TPSA) is 78.6 Å². The van der Waals surface area contributed by atoms with Gasteiger partial charge in [0.2, 0.25) is 5.91 Å². The Morgan fingerprint density at radius 1 is 1.33 bits per heavy atom. The average Bonchev–Trinajstić information content (AvgIpc) is 2.28. The zero-order valence-corrected chi connectivity index (χ0v) is 12.4. The van der Waals surface area contributed by atoms with Crippen LogP contribution in [0, 0.1) is 5.41 Å². The molecule has 18 heavy (non-hydrogen) atoms. The Kier molecular flexibility index (Phi) is 6.81. The van der Waals surface area contributed by atoms with E-state index in [1.54, 1.807) is 6.92 Å². The van der Waals surface area contributed by atoms with E-state index in [0.717, 1.165) is 0 Å². The molecule has 0 aliphatic rings. The standard InChI is InChI=1S/C13H29N3O2/c1-6-13(7-2,8-14)11(17)15-9-12(3,18)10-16(4)5/h18H,6-10,14H2,1-5H3,(H,15,17). The minimum Gasteiger partial charge on any atom is -0.387 e. The van der Waals surface area contributed by atoms with Gasteiger partial charge in [0, 0.05) is 19.6 Å². The number of amides is 1. The van der Waals surface area contributed by atoms with E-state index in [4.69, 9.17) is 5.73 Å². The molecule has 0 aliphatic heterocycles. The smallest absolute Gasteiger partial charge is 0.227 e. The van der Waals surface area contributed by atoms with Gasteiger partial charge in [0.1, 0.15) is 0 Å². The normalized spacial score (nSPS) is 15.6.